The highest BCUT2D eigenvalue weighted by Crippen LogP contribution is 2.11. The van der Waals surface area contributed by atoms with Crippen molar-refractivity contribution >= 4 is 5.91 Å². The van der Waals surface area contributed by atoms with Gasteiger partial charge in [-0.1, -0.05) is 30.3 Å². The van der Waals surface area contributed by atoms with Crippen molar-refractivity contribution in [3.63, 3.8) is 0 Å². The molecule has 88 valence electrons. The largest absolute Gasteiger partial charge is 0.839 e. The second kappa shape index (κ2) is 4.29. The van der Waals surface area contributed by atoms with Gasteiger partial charge in [-0.3, -0.25) is 4.79 Å². The first-order valence-electron chi connectivity index (χ1n) is 5.19. The van der Waals surface area contributed by atoms with Crippen LogP contribution in [-0.4, -0.2) is 10.5 Å². The van der Waals surface area contributed by atoms with Gasteiger partial charge in [-0.05, 0) is 5.56 Å². The maximum Gasteiger partial charge on any atom is 0.291 e. The van der Waals surface area contributed by atoms with Crippen molar-refractivity contribution in [2.45, 2.75) is 6.54 Å². The summed E-state index contributed by atoms with van der Waals surface area (Å²) in [7, 11) is 1.59. The van der Waals surface area contributed by atoms with Crippen molar-refractivity contribution in [1.82, 2.24) is 4.57 Å². The lowest BCUT2D eigenvalue weighted by molar-refractivity contribution is -0.712. The minimum absolute atomic E-state index is 0.0105. The number of carbonyl (C=O) groups excluding carboxylic acids is 1. The number of rotatable bonds is 3. The summed E-state index contributed by atoms with van der Waals surface area (Å²) < 4.78 is 2.92. The molecule has 0 aliphatic carbocycles. The van der Waals surface area contributed by atoms with Crippen LogP contribution in [0.1, 0.15) is 16.1 Å². The molecule has 0 fully saturated rings. The maximum absolute atomic E-state index is 11.7. The average Bonchev–Trinajstić information content (AvgIpc) is 2.56. The zero-order valence-corrected chi connectivity index (χ0v) is 9.46. The molecule has 0 saturated carbocycles. The molecule has 0 spiro atoms. The highest BCUT2D eigenvalue weighted by atomic mass is 16.3. The van der Waals surface area contributed by atoms with E-state index in [0.29, 0.717) is 6.54 Å². The number of nitrogens with two attached hydrogens (primary N) is 1. The molecule has 17 heavy (non-hydrogen) atoms. The van der Waals surface area contributed by atoms with E-state index in [-0.39, 0.29) is 11.6 Å². The van der Waals surface area contributed by atoms with E-state index in [4.69, 9.17) is 5.73 Å². The Bertz CT molecular complexity index is 546. The molecule has 1 heterocycles. The standard InChI is InChI=1S/C12H13N3O2/c1-14-8-15(10(11(13)16)12(14)17)7-9-5-3-2-4-6-9/h2-6,8H,7H2,1H3,(H2-,13,16,17). The van der Waals surface area contributed by atoms with Gasteiger partial charge in [0.05, 0.1) is 7.05 Å². The highest BCUT2D eigenvalue weighted by molar-refractivity contribution is 5.92. The fraction of sp³-hybridized carbons (Fsp3) is 0.167. The van der Waals surface area contributed by atoms with Gasteiger partial charge in [-0.15, -0.1) is 0 Å². The third-order valence-electron chi connectivity index (χ3n) is 2.55. The Morgan fingerprint density at radius 1 is 1.41 bits per heavy atom. The van der Waals surface area contributed by atoms with Gasteiger partial charge in [0.1, 0.15) is 12.4 Å². The van der Waals surface area contributed by atoms with E-state index < -0.39 is 5.91 Å². The van der Waals surface area contributed by atoms with Crippen molar-refractivity contribution in [1.29, 1.82) is 0 Å². The summed E-state index contributed by atoms with van der Waals surface area (Å²) in [6, 6.07) is 9.57. The molecule has 0 bridgehead atoms. The normalized spacial score (nSPS) is 10.4. The maximum atomic E-state index is 11.7. The molecule has 0 aliphatic rings. The number of hydrogen-bond donors (Lipinski definition) is 1. The molecule has 2 aromatic rings. The number of primary amides is 1. The molecular weight excluding hydrogens is 218 g/mol. The van der Waals surface area contributed by atoms with Crippen molar-refractivity contribution in [3.05, 3.63) is 47.9 Å². The first kappa shape index (κ1) is 11.2. The molecular formula is C12H13N3O2. The van der Waals surface area contributed by atoms with Crippen LogP contribution in [0.3, 0.4) is 0 Å². The van der Waals surface area contributed by atoms with E-state index in [1.54, 1.807) is 17.9 Å². The lowest BCUT2D eigenvalue weighted by atomic mass is 10.2. The summed E-state index contributed by atoms with van der Waals surface area (Å²) in [6.07, 6.45) is 1.58. The first-order valence-corrected chi connectivity index (χ1v) is 5.19. The molecule has 1 aromatic carbocycles. The zero-order chi connectivity index (χ0) is 12.4. The Labute approximate surface area is 98.7 Å². The fourth-order valence-corrected chi connectivity index (χ4v) is 1.76. The second-order valence-electron chi connectivity index (χ2n) is 3.86. The van der Waals surface area contributed by atoms with Gasteiger partial charge in [0.15, 0.2) is 0 Å². The number of carbonyl (C=O) groups is 1. The Morgan fingerprint density at radius 2 is 2.06 bits per heavy atom. The summed E-state index contributed by atoms with van der Waals surface area (Å²) >= 11 is 0. The van der Waals surface area contributed by atoms with Gasteiger partial charge in [0.2, 0.25) is 12.0 Å². The monoisotopic (exact) mass is 231 g/mol. The van der Waals surface area contributed by atoms with E-state index in [2.05, 4.69) is 0 Å². The van der Waals surface area contributed by atoms with E-state index in [1.165, 1.54) is 4.57 Å². The van der Waals surface area contributed by atoms with E-state index in [1.807, 2.05) is 30.3 Å². The summed E-state index contributed by atoms with van der Waals surface area (Å²) in [5, 5.41) is 11.7. The molecule has 2 rings (SSSR count). The van der Waals surface area contributed by atoms with Crippen molar-refractivity contribution in [2.75, 3.05) is 0 Å². The molecule has 1 aromatic heterocycles. The Hall–Kier alpha value is -2.30. The quantitative estimate of drug-likeness (QED) is 0.725. The van der Waals surface area contributed by atoms with Crippen LogP contribution in [0, 0.1) is 0 Å². The third-order valence-corrected chi connectivity index (χ3v) is 2.55. The smallest absolute Gasteiger partial charge is 0.291 e. The van der Waals surface area contributed by atoms with E-state index in [0.717, 1.165) is 5.56 Å². The molecule has 0 unspecified atom stereocenters. The molecule has 1 amide bonds. The van der Waals surface area contributed by atoms with Crippen LogP contribution in [0.25, 0.3) is 0 Å². The van der Waals surface area contributed by atoms with Gasteiger partial charge in [0.25, 0.3) is 5.91 Å². The molecule has 0 saturated heterocycles. The predicted octanol–water partition coefficient (Wildman–Crippen LogP) is -0.467. The number of benzene rings is 1. The minimum Gasteiger partial charge on any atom is -0.839 e. The van der Waals surface area contributed by atoms with Crippen LogP contribution < -0.4 is 15.4 Å². The molecule has 0 aliphatic heterocycles. The molecule has 5 nitrogen and oxygen atoms in total. The number of hydrogen-bond acceptors (Lipinski definition) is 2. The van der Waals surface area contributed by atoms with Crippen LogP contribution in [-0.2, 0) is 13.6 Å². The highest BCUT2D eigenvalue weighted by Gasteiger charge is 2.19. The summed E-state index contributed by atoms with van der Waals surface area (Å²) in [6.45, 7) is 0.454. The third kappa shape index (κ3) is 2.13. The number of imidazole rings is 1. The summed E-state index contributed by atoms with van der Waals surface area (Å²) in [4.78, 5) is 11.2. The summed E-state index contributed by atoms with van der Waals surface area (Å²) in [5.41, 5.74) is 6.22. The van der Waals surface area contributed by atoms with Crippen molar-refractivity contribution in [3.8, 4) is 5.88 Å². The van der Waals surface area contributed by atoms with Crippen LogP contribution in [0.2, 0.25) is 0 Å². The Kier molecular flexibility index (Phi) is 2.82. The fourth-order valence-electron chi connectivity index (χ4n) is 1.76. The van der Waals surface area contributed by atoms with Crippen LogP contribution >= 0.6 is 0 Å². The second-order valence-corrected chi connectivity index (χ2v) is 3.86. The van der Waals surface area contributed by atoms with E-state index >= 15 is 0 Å². The van der Waals surface area contributed by atoms with Crippen LogP contribution in [0.15, 0.2) is 36.7 Å². The van der Waals surface area contributed by atoms with Crippen LogP contribution in [0.4, 0.5) is 0 Å². The number of amides is 1. The van der Waals surface area contributed by atoms with Gasteiger partial charge < -0.3 is 10.8 Å². The number of aryl methyl sites for hydroxylation is 1. The lowest BCUT2D eigenvalue weighted by Crippen LogP contribution is -2.30. The zero-order valence-electron chi connectivity index (χ0n) is 9.46. The van der Waals surface area contributed by atoms with Crippen molar-refractivity contribution in [2.24, 2.45) is 12.8 Å². The summed E-state index contributed by atoms with van der Waals surface area (Å²) in [5.74, 6) is -1.07. The van der Waals surface area contributed by atoms with Gasteiger partial charge in [-0.25, -0.2) is 9.13 Å². The molecule has 5 heteroatoms. The Balaban J connectivity index is 2.40. The van der Waals surface area contributed by atoms with Crippen LogP contribution in [0.5, 0.6) is 5.88 Å². The van der Waals surface area contributed by atoms with Gasteiger partial charge in [0, 0.05) is 0 Å². The predicted molar refractivity (Wildman–Crippen MR) is 59.1 cm³/mol. The number of nitrogens with zero attached hydrogens (tertiary/aromatic N) is 2. The SMILES string of the molecule is C[n+]1cn(Cc2ccccc2)c(C(N)=O)c1[O-]. The topological polar surface area (TPSA) is 75.0 Å². The Morgan fingerprint density at radius 3 is 2.65 bits per heavy atom. The lowest BCUT2D eigenvalue weighted by Gasteiger charge is -2.02. The minimum atomic E-state index is -0.702. The van der Waals surface area contributed by atoms with E-state index in [9.17, 15) is 9.90 Å². The van der Waals surface area contributed by atoms with Gasteiger partial charge in [-0.2, -0.15) is 0 Å². The molecule has 2 N–H and O–H groups in total. The first-order chi connectivity index (χ1) is 8.09. The van der Waals surface area contributed by atoms with Crippen molar-refractivity contribution < 1.29 is 14.5 Å². The number of aromatic nitrogens is 2. The molecule has 0 radical (unpaired) electrons. The molecule has 0 atom stereocenters. The van der Waals surface area contributed by atoms with Gasteiger partial charge >= 0.3 is 0 Å². The average molecular weight is 231 g/mol.